The normalized spacial score (nSPS) is 13.7. The minimum absolute atomic E-state index is 0.0228. The van der Waals surface area contributed by atoms with E-state index in [0.717, 1.165) is 103 Å². The predicted octanol–water partition coefficient (Wildman–Crippen LogP) is 9.85. The molecule has 2 unspecified atom stereocenters. The lowest BCUT2D eigenvalue weighted by molar-refractivity contribution is -0.889. The predicted molar refractivity (Wildman–Crippen MR) is 222 cm³/mol. The fourth-order valence-electron chi connectivity index (χ4n) is 5.55. The number of allylic oxidation sites excluding steroid dienone is 12. The van der Waals surface area contributed by atoms with Gasteiger partial charge in [0.05, 0.1) is 40.3 Å². The van der Waals surface area contributed by atoms with Gasteiger partial charge in [-0.15, -0.1) is 0 Å². The van der Waals surface area contributed by atoms with Crippen molar-refractivity contribution in [2.45, 2.75) is 161 Å². The summed E-state index contributed by atoms with van der Waals surface area (Å²) in [6.45, 7) is 4.44. The molecule has 0 saturated carbocycles. The van der Waals surface area contributed by atoms with Gasteiger partial charge in [-0.25, -0.2) is 0 Å². The maximum Gasteiger partial charge on any atom is 0.306 e. The smallest absolute Gasteiger partial charge is 0.306 e. The van der Waals surface area contributed by atoms with Crippen molar-refractivity contribution in [2.24, 2.45) is 0 Å². The number of esters is 2. The number of likely N-dealkylation sites (N-methyl/N-ethyl adjacent to an activating group) is 1. The Morgan fingerprint density at radius 3 is 1.54 bits per heavy atom. The van der Waals surface area contributed by atoms with Gasteiger partial charge in [-0.2, -0.15) is 0 Å². The molecule has 0 aliphatic carbocycles. The molecule has 8 nitrogen and oxygen atoms in total. The van der Waals surface area contributed by atoms with Gasteiger partial charge in [0, 0.05) is 19.3 Å². The molecule has 0 fully saturated rings. The van der Waals surface area contributed by atoms with Crippen LogP contribution in [0, 0.1) is 0 Å². The van der Waals surface area contributed by atoms with Gasteiger partial charge in [0.25, 0.3) is 0 Å². The first-order valence-electron chi connectivity index (χ1n) is 21.0. The Bertz CT molecular complexity index is 1110. The number of hydrogen-bond donors (Lipinski definition) is 0. The maximum atomic E-state index is 12.7. The van der Waals surface area contributed by atoms with Crippen LogP contribution >= 0.6 is 0 Å². The van der Waals surface area contributed by atoms with Crippen LogP contribution in [0.2, 0.25) is 0 Å². The third kappa shape index (κ3) is 34.5. The molecule has 0 rings (SSSR count). The molecule has 0 aliphatic rings. The number of rotatable bonds is 36. The first-order chi connectivity index (χ1) is 26.1. The van der Waals surface area contributed by atoms with E-state index < -0.39 is 18.1 Å². The van der Waals surface area contributed by atoms with Gasteiger partial charge in [0.1, 0.15) is 12.6 Å². The molecule has 54 heavy (non-hydrogen) atoms. The zero-order valence-electron chi connectivity index (χ0n) is 34.9. The van der Waals surface area contributed by atoms with Crippen molar-refractivity contribution in [3.8, 4) is 0 Å². The third-order valence-electron chi connectivity index (χ3n) is 8.83. The van der Waals surface area contributed by atoms with Gasteiger partial charge < -0.3 is 28.6 Å². The largest absolute Gasteiger partial charge is 0.544 e. The van der Waals surface area contributed by atoms with Crippen LogP contribution in [0.4, 0.5) is 0 Å². The van der Waals surface area contributed by atoms with Crippen molar-refractivity contribution in [3.05, 3.63) is 72.9 Å². The number of carboxylic acid groups (broad SMARTS) is 1. The third-order valence-corrected chi connectivity index (χ3v) is 8.83. The monoisotopic (exact) mass is 756 g/mol. The molecule has 0 aliphatic heterocycles. The van der Waals surface area contributed by atoms with Crippen LogP contribution in [0.15, 0.2) is 72.9 Å². The molecule has 8 heteroatoms. The summed E-state index contributed by atoms with van der Waals surface area (Å²) >= 11 is 0. The van der Waals surface area contributed by atoms with Crippen molar-refractivity contribution >= 4 is 17.9 Å². The second-order valence-electron chi connectivity index (χ2n) is 14.8. The van der Waals surface area contributed by atoms with Gasteiger partial charge in [0.2, 0.25) is 0 Å². The van der Waals surface area contributed by atoms with Crippen molar-refractivity contribution in [2.75, 3.05) is 41.0 Å². The Morgan fingerprint density at radius 1 is 0.574 bits per heavy atom. The molecule has 0 saturated heterocycles. The number of quaternary nitrogens is 1. The Kier molecular flexibility index (Phi) is 34.5. The SMILES string of the molecule is CC/C=C/C/C=C/C/C=C/C/C=C/C/C=C/CCCCCCC(=O)OC(COCCC(C(=O)[O-])[N+](C)(C)C)COC(=O)CCCCCC/C=C/CCCC. The molecule has 0 aromatic heterocycles. The molecule has 0 amide bonds. The summed E-state index contributed by atoms with van der Waals surface area (Å²) in [6, 6.07) is -0.734. The zero-order valence-corrected chi connectivity index (χ0v) is 34.9. The summed E-state index contributed by atoms with van der Waals surface area (Å²) in [6.07, 6.45) is 45.0. The number of ether oxygens (including phenoxy) is 3. The minimum atomic E-state index is -1.13. The molecule has 2 atom stereocenters. The number of hydrogen-bond acceptors (Lipinski definition) is 7. The zero-order chi connectivity index (χ0) is 40.0. The van der Waals surface area contributed by atoms with E-state index in [1.165, 1.54) is 12.8 Å². The Labute approximate surface area is 330 Å². The molecule has 308 valence electrons. The van der Waals surface area contributed by atoms with Gasteiger partial charge >= 0.3 is 11.9 Å². The second-order valence-corrected chi connectivity index (χ2v) is 14.8. The molecule has 0 spiro atoms. The van der Waals surface area contributed by atoms with Crippen molar-refractivity contribution < 1.29 is 38.2 Å². The van der Waals surface area contributed by atoms with Crippen LogP contribution in [0.25, 0.3) is 0 Å². The summed E-state index contributed by atoms with van der Waals surface area (Å²) in [5.74, 6) is -1.80. The molecule has 0 bridgehead atoms. The lowest BCUT2D eigenvalue weighted by Gasteiger charge is -2.34. The van der Waals surface area contributed by atoms with Crippen molar-refractivity contribution in [1.82, 2.24) is 0 Å². The van der Waals surface area contributed by atoms with Crippen LogP contribution in [0.5, 0.6) is 0 Å². The van der Waals surface area contributed by atoms with Gasteiger partial charge in [-0.1, -0.05) is 125 Å². The van der Waals surface area contributed by atoms with Gasteiger partial charge in [-0.05, 0) is 77.0 Å². The molecule has 0 N–H and O–H groups in total. The lowest BCUT2D eigenvalue weighted by Crippen LogP contribution is -2.55. The number of nitrogens with zero attached hydrogens (tertiary/aromatic N) is 1. The quantitative estimate of drug-likeness (QED) is 0.0272. The fraction of sp³-hybridized carbons (Fsp3) is 0.674. The lowest BCUT2D eigenvalue weighted by atomic mass is 10.1. The first-order valence-corrected chi connectivity index (χ1v) is 21.0. The summed E-state index contributed by atoms with van der Waals surface area (Å²) < 4.78 is 17.1. The highest BCUT2D eigenvalue weighted by Crippen LogP contribution is 2.12. The van der Waals surface area contributed by atoms with Crippen LogP contribution in [-0.4, -0.2) is 75.5 Å². The fourth-order valence-corrected chi connectivity index (χ4v) is 5.55. The Morgan fingerprint density at radius 2 is 1.04 bits per heavy atom. The summed E-state index contributed by atoms with van der Waals surface area (Å²) in [7, 11) is 5.38. The van der Waals surface area contributed by atoms with Crippen molar-refractivity contribution in [3.63, 3.8) is 0 Å². The van der Waals surface area contributed by atoms with Crippen LogP contribution in [0.3, 0.4) is 0 Å². The van der Waals surface area contributed by atoms with Gasteiger partial charge in [-0.3, -0.25) is 9.59 Å². The minimum Gasteiger partial charge on any atom is -0.544 e. The number of carboxylic acids is 1. The molecule has 0 radical (unpaired) electrons. The highest BCUT2D eigenvalue weighted by Gasteiger charge is 2.25. The van der Waals surface area contributed by atoms with E-state index in [9.17, 15) is 19.5 Å². The topological polar surface area (TPSA) is 102 Å². The highest BCUT2D eigenvalue weighted by atomic mass is 16.6. The Hall–Kier alpha value is -3.23. The van der Waals surface area contributed by atoms with E-state index in [0.29, 0.717) is 6.42 Å². The van der Waals surface area contributed by atoms with E-state index in [1.54, 1.807) is 21.1 Å². The average Bonchev–Trinajstić information content (AvgIpc) is 3.12. The van der Waals surface area contributed by atoms with E-state index in [1.807, 2.05) is 0 Å². The summed E-state index contributed by atoms with van der Waals surface area (Å²) in [4.78, 5) is 36.7. The number of unbranched alkanes of at least 4 members (excludes halogenated alkanes) is 10. The van der Waals surface area contributed by atoms with Crippen LogP contribution in [0.1, 0.15) is 149 Å². The molecular formula is C46H77NO7. The van der Waals surface area contributed by atoms with E-state index >= 15 is 0 Å². The molecule has 0 aromatic carbocycles. The molecule has 0 aromatic rings. The number of carbonyl (C=O) groups excluding carboxylic acids is 3. The number of carbonyl (C=O) groups is 3. The molecular weight excluding hydrogens is 679 g/mol. The maximum absolute atomic E-state index is 12.7. The highest BCUT2D eigenvalue weighted by molar-refractivity contribution is 5.70. The van der Waals surface area contributed by atoms with E-state index in [2.05, 4.69) is 86.8 Å². The van der Waals surface area contributed by atoms with Crippen LogP contribution in [-0.2, 0) is 28.6 Å². The number of aliphatic carboxylic acids is 1. The van der Waals surface area contributed by atoms with E-state index in [-0.39, 0.29) is 49.1 Å². The van der Waals surface area contributed by atoms with Gasteiger partial charge in [0.15, 0.2) is 6.10 Å². The van der Waals surface area contributed by atoms with E-state index in [4.69, 9.17) is 14.2 Å². The summed E-state index contributed by atoms with van der Waals surface area (Å²) in [5.41, 5.74) is 0. The van der Waals surface area contributed by atoms with Crippen molar-refractivity contribution in [1.29, 1.82) is 0 Å². The Balaban J connectivity index is 4.42. The summed E-state index contributed by atoms with van der Waals surface area (Å²) in [5, 5.41) is 11.6. The first kappa shape index (κ1) is 50.8. The van der Waals surface area contributed by atoms with Crippen LogP contribution < -0.4 is 5.11 Å². The molecule has 0 heterocycles. The second kappa shape index (κ2) is 36.7. The standard InChI is InChI=1S/C46H77NO7/c1-6-8-10-12-14-16-18-19-20-21-22-23-24-25-26-27-29-31-33-35-37-45(49)54-42(40-52-39-38-43(46(50)51)47(3,4)5)41-53-44(48)36-34-32-30-28-17-15-13-11-9-7-2/h8,10,13-16,19-20,22-23,25-26,42-43H,6-7,9,11-12,17-18,21,24,27-41H2,1-5H3/b10-8+,15-13+,16-14+,20-19+,23-22+,26-25+. The average molecular weight is 756 g/mol.